The van der Waals surface area contributed by atoms with E-state index >= 15 is 0 Å². The quantitative estimate of drug-likeness (QED) is 0.817. The zero-order chi connectivity index (χ0) is 17.6. The second kappa shape index (κ2) is 7.84. The molecule has 0 aliphatic rings. The Labute approximate surface area is 142 Å². The predicted molar refractivity (Wildman–Crippen MR) is 94.2 cm³/mol. The van der Waals surface area contributed by atoms with Gasteiger partial charge in [-0.15, -0.1) is 0 Å². The van der Waals surface area contributed by atoms with Crippen LogP contribution < -0.4 is 20.5 Å². The zero-order valence-corrected chi connectivity index (χ0v) is 14.3. The first-order chi connectivity index (χ1) is 11.5. The minimum absolute atomic E-state index is 0.200. The van der Waals surface area contributed by atoms with Gasteiger partial charge < -0.3 is 20.5 Å². The maximum Gasteiger partial charge on any atom is 0.244 e. The Kier molecular flexibility index (Phi) is 5.82. The van der Waals surface area contributed by atoms with Crippen molar-refractivity contribution in [3.8, 4) is 11.5 Å². The van der Waals surface area contributed by atoms with Crippen LogP contribution in [0.2, 0.25) is 0 Å². The van der Waals surface area contributed by atoms with Gasteiger partial charge in [-0.1, -0.05) is 36.4 Å². The van der Waals surface area contributed by atoms with E-state index in [-0.39, 0.29) is 5.91 Å². The smallest absolute Gasteiger partial charge is 0.244 e. The number of amides is 1. The molecule has 0 bridgehead atoms. The summed E-state index contributed by atoms with van der Waals surface area (Å²) in [6.45, 7) is 2.21. The number of carbonyl (C=O) groups is 1. The molecule has 0 aliphatic heterocycles. The van der Waals surface area contributed by atoms with E-state index in [9.17, 15) is 4.79 Å². The highest BCUT2D eigenvalue weighted by Crippen LogP contribution is 2.27. The Hall–Kier alpha value is -2.53. The van der Waals surface area contributed by atoms with E-state index < -0.39 is 5.54 Å². The van der Waals surface area contributed by atoms with Crippen LogP contribution in [0.25, 0.3) is 0 Å². The molecule has 0 fully saturated rings. The Morgan fingerprint density at radius 2 is 1.75 bits per heavy atom. The molecule has 0 aromatic heterocycles. The molecule has 0 saturated heterocycles. The van der Waals surface area contributed by atoms with E-state index in [1.165, 1.54) is 0 Å². The summed E-state index contributed by atoms with van der Waals surface area (Å²) in [6, 6.07) is 15.1. The molecule has 1 unspecified atom stereocenters. The van der Waals surface area contributed by atoms with Crippen molar-refractivity contribution in [2.75, 3.05) is 20.8 Å². The molecule has 2 rings (SSSR count). The maximum atomic E-state index is 12.4. The van der Waals surface area contributed by atoms with E-state index in [1.54, 1.807) is 21.1 Å². The molecule has 128 valence electrons. The van der Waals surface area contributed by atoms with Crippen molar-refractivity contribution in [3.63, 3.8) is 0 Å². The van der Waals surface area contributed by atoms with Gasteiger partial charge in [-0.25, -0.2) is 0 Å². The monoisotopic (exact) mass is 328 g/mol. The molecule has 24 heavy (non-hydrogen) atoms. The standard InChI is InChI=1S/C19H24N2O3/c1-19(20,15-7-5-4-6-8-15)18(22)21-12-11-14-9-10-16(23-2)17(13-14)24-3/h4-10,13H,11-12,20H2,1-3H3,(H,21,22). The lowest BCUT2D eigenvalue weighted by Crippen LogP contribution is -2.49. The molecule has 0 saturated carbocycles. The largest absolute Gasteiger partial charge is 0.493 e. The topological polar surface area (TPSA) is 73.6 Å². The first-order valence-corrected chi connectivity index (χ1v) is 7.82. The Bertz CT molecular complexity index is 684. The molecule has 0 spiro atoms. The summed E-state index contributed by atoms with van der Waals surface area (Å²) in [4.78, 5) is 12.4. The van der Waals surface area contributed by atoms with Crippen LogP contribution in [0, 0.1) is 0 Å². The number of nitrogens with one attached hydrogen (secondary N) is 1. The number of rotatable bonds is 7. The van der Waals surface area contributed by atoms with Gasteiger partial charge in [0.25, 0.3) is 0 Å². The summed E-state index contributed by atoms with van der Waals surface area (Å²) in [6.07, 6.45) is 0.678. The molecule has 0 aliphatic carbocycles. The molecule has 0 radical (unpaired) electrons. The SMILES string of the molecule is COc1ccc(CCNC(=O)C(C)(N)c2ccccc2)cc1OC. The van der Waals surface area contributed by atoms with Crippen molar-refractivity contribution in [1.82, 2.24) is 5.32 Å². The Morgan fingerprint density at radius 1 is 1.08 bits per heavy atom. The molecule has 2 aromatic rings. The third kappa shape index (κ3) is 4.06. The van der Waals surface area contributed by atoms with Crippen molar-refractivity contribution in [3.05, 3.63) is 59.7 Å². The second-order valence-corrected chi connectivity index (χ2v) is 5.76. The van der Waals surface area contributed by atoms with E-state index in [0.29, 0.717) is 24.5 Å². The Morgan fingerprint density at radius 3 is 2.38 bits per heavy atom. The predicted octanol–water partition coefficient (Wildman–Crippen LogP) is 2.24. The van der Waals surface area contributed by atoms with Crippen LogP contribution >= 0.6 is 0 Å². The average molecular weight is 328 g/mol. The lowest BCUT2D eigenvalue weighted by atomic mass is 9.92. The van der Waals surface area contributed by atoms with Crippen LogP contribution in [0.15, 0.2) is 48.5 Å². The summed E-state index contributed by atoms with van der Waals surface area (Å²) in [5.41, 5.74) is 6.97. The van der Waals surface area contributed by atoms with Gasteiger partial charge >= 0.3 is 0 Å². The van der Waals surface area contributed by atoms with E-state index in [4.69, 9.17) is 15.2 Å². The number of nitrogens with two attached hydrogens (primary N) is 1. The van der Waals surface area contributed by atoms with Gasteiger partial charge in [0.2, 0.25) is 5.91 Å². The molecular weight excluding hydrogens is 304 g/mol. The molecular formula is C19H24N2O3. The highest BCUT2D eigenvalue weighted by molar-refractivity contribution is 5.86. The summed E-state index contributed by atoms with van der Waals surface area (Å²) in [5.74, 6) is 1.16. The van der Waals surface area contributed by atoms with Gasteiger partial charge in [0.05, 0.1) is 14.2 Å². The van der Waals surface area contributed by atoms with Gasteiger partial charge in [0.1, 0.15) is 5.54 Å². The summed E-state index contributed by atoms with van der Waals surface area (Å²) in [5, 5.41) is 2.90. The number of hydrogen-bond acceptors (Lipinski definition) is 4. The molecule has 5 nitrogen and oxygen atoms in total. The maximum absolute atomic E-state index is 12.4. The van der Waals surface area contributed by atoms with Gasteiger partial charge in [0.15, 0.2) is 11.5 Å². The number of carbonyl (C=O) groups excluding carboxylic acids is 1. The van der Waals surface area contributed by atoms with Crippen molar-refractivity contribution in [2.24, 2.45) is 5.73 Å². The van der Waals surface area contributed by atoms with E-state index in [1.807, 2.05) is 48.5 Å². The van der Waals surface area contributed by atoms with Crippen LogP contribution in [0.5, 0.6) is 11.5 Å². The fourth-order valence-electron chi connectivity index (χ4n) is 2.46. The van der Waals surface area contributed by atoms with Crippen LogP contribution in [-0.4, -0.2) is 26.7 Å². The van der Waals surface area contributed by atoms with Crippen molar-refractivity contribution >= 4 is 5.91 Å². The summed E-state index contributed by atoms with van der Waals surface area (Å²) < 4.78 is 10.5. The lowest BCUT2D eigenvalue weighted by Gasteiger charge is -2.24. The normalized spacial score (nSPS) is 13.0. The molecule has 5 heteroatoms. The van der Waals surface area contributed by atoms with E-state index in [2.05, 4.69) is 5.32 Å². The van der Waals surface area contributed by atoms with Crippen molar-refractivity contribution in [2.45, 2.75) is 18.9 Å². The summed E-state index contributed by atoms with van der Waals surface area (Å²) in [7, 11) is 3.20. The first kappa shape index (κ1) is 17.8. The highest BCUT2D eigenvalue weighted by atomic mass is 16.5. The van der Waals surface area contributed by atoms with Crippen LogP contribution in [0.4, 0.5) is 0 Å². The first-order valence-electron chi connectivity index (χ1n) is 7.82. The summed E-state index contributed by atoms with van der Waals surface area (Å²) >= 11 is 0. The molecule has 0 heterocycles. The number of hydrogen-bond donors (Lipinski definition) is 2. The van der Waals surface area contributed by atoms with Gasteiger partial charge in [-0.3, -0.25) is 4.79 Å². The van der Waals surface area contributed by atoms with Crippen molar-refractivity contribution in [1.29, 1.82) is 0 Å². The molecule has 1 amide bonds. The molecule has 2 aromatic carbocycles. The van der Waals surface area contributed by atoms with Crippen LogP contribution in [0.3, 0.4) is 0 Å². The fraction of sp³-hybridized carbons (Fsp3) is 0.316. The van der Waals surface area contributed by atoms with Gasteiger partial charge in [-0.2, -0.15) is 0 Å². The van der Waals surface area contributed by atoms with Gasteiger partial charge in [-0.05, 0) is 36.6 Å². The number of benzene rings is 2. The van der Waals surface area contributed by atoms with E-state index in [0.717, 1.165) is 11.1 Å². The zero-order valence-electron chi connectivity index (χ0n) is 14.3. The second-order valence-electron chi connectivity index (χ2n) is 5.76. The van der Waals surface area contributed by atoms with Crippen LogP contribution in [0.1, 0.15) is 18.1 Å². The number of ether oxygens (including phenoxy) is 2. The van der Waals surface area contributed by atoms with Gasteiger partial charge in [0, 0.05) is 6.54 Å². The fourth-order valence-corrected chi connectivity index (χ4v) is 2.46. The number of methoxy groups -OCH3 is 2. The van der Waals surface area contributed by atoms with Crippen molar-refractivity contribution < 1.29 is 14.3 Å². The average Bonchev–Trinajstić information content (AvgIpc) is 2.62. The minimum Gasteiger partial charge on any atom is -0.493 e. The third-order valence-corrected chi connectivity index (χ3v) is 3.99. The lowest BCUT2D eigenvalue weighted by molar-refractivity contribution is -0.126. The highest BCUT2D eigenvalue weighted by Gasteiger charge is 2.29. The molecule has 1 atom stereocenters. The third-order valence-electron chi connectivity index (χ3n) is 3.99. The Balaban J connectivity index is 1.95. The molecule has 3 N–H and O–H groups in total. The van der Waals surface area contributed by atoms with Crippen LogP contribution in [-0.2, 0) is 16.8 Å². The minimum atomic E-state index is -1.06.